The van der Waals surface area contributed by atoms with Crippen molar-refractivity contribution in [3.8, 4) is 18.1 Å². The number of carbonyl (C=O) groups excluding carboxylic acids is 1. The monoisotopic (exact) mass is 431 g/mol. The van der Waals surface area contributed by atoms with Crippen LogP contribution in [0.3, 0.4) is 0 Å². The number of aromatic nitrogens is 3. The molecule has 31 heavy (non-hydrogen) atoms. The van der Waals surface area contributed by atoms with E-state index in [0.717, 1.165) is 30.2 Å². The lowest BCUT2D eigenvalue weighted by atomic mass is 9.95. The van der Waals surface area contributed by atoms with Crippen LogP contribution in [0.2, 0.25) is 5.02 Å². The molecule has 2 aromatic heterocycles. The zero-order chi connectivity index (χ0) is 21.5. The van der Waals surface area contributed by atoms with Gasteiger partial charge < -0.3 is 10.2 Å². The van der Waals surface area contributed by atoms with Gasteiger partial charge in [-0.15, -0.1) is 0 Å². The highest BCUT2D eigenvalue weighted by Crippen LogP contribution is 2.37. The molecule has 2 bridgehead atoms. The minimum Gasteiger partial charge on any atom is -0.347 e. The molecule has 8 nitrogen and oxygen atoms in total. The van der Waals surface area contributed by atoms with Crippen LogP contribution in [-0.2, 0) is 6.42 Å². The summed E-state index contributed by atoms with van der Waals surface area (Å²) in [5, 5.41) is 26.8. The van der Waals surface area contributed by atoms with Gasteiger partial charge in [0, 0.05) is 11.4 Å². The van der Waals surface area contributed by atoms with Crippen molar-refractivity contribution >= 4 is 28.4 Å². The highest BCUT2D eigenvalue weighted by molar-refractivity contribution is 6.34. The Morgan fingerprint density at radius 3 is 2.94 bits per heavy atom. The van der Waals surface area contributed by atoms with E-state index in [2.05, 4.69) is 27.7 Å². The topological polar surface area (TPSA) is 111 Å². The van der Waals surface area contributed by atoms with E-state index in [-0.39, 0.29) is 30.5 Å². The lowest BCUT2D eigenvalue weighted by Crippen LogP contribution is -2.43. The van der Waals surface area contributed by atoms with Gasteiger partial charge in [0.25, 0.3) is 5.91 Å². The molecule has 1 aromatic carbocycles. The summed E-state index contributed by atoms with van der Waals surface area (Å²) in [6.45, 7) is 0. The molecule has 5 rings (SSSR count). The molecule has 1 N–H and O–H groups in total. The molecule has 1 amide bonds. The van der Waals surface area contributed by atoms with Gasteiger partial charge in [0.05, 0.1) is 52.6 Å². The summed E-state index contributed by atoms with van der Waals surface area (Å²) in [5.41, 5.74) is 1.76. The molecule has 0 saturated carbocycles. The number of hydrogen-bond donors (Lipinski definition) is 1. The van der Waals surface area contributed by atoms with Crippen LogP contribution in [0.5, 0.6) is 0 Å². The SMILES string of the molecule is N#CCc1cccc(-n2ncc3cc(C(=O)N[C@@H]4C[C@@H]5CC[C@H]4N5C#N)c(Cl)cc32)n1. The van der Waals surface area contributed by atoms with Crippen molar-refractivity contribution in [2.75, 3.05) is 0 Å². The lowest BCUT2D eigenvalue weighted by Gasteiger charge is -2.22. The average molecular weight is 432 g/mol. The van der Waals surface area contributed by atoms with Crippen molar-refractivity contribution < 1.29 is 4.79 Å². The average Bonchev–Trinajstić information content (AvgIpc) is 3.45. The second kappa shape index (κ2) is 7.57. The van der Waals surface area contributed by atoms with E-state index < -0.39 is 0 Å². The summed E-state index contributed by atoms with van der Waals surface area (Å²) in [7, 11) is 0. The van der Waals surface area contributed by atoms with Crippen LogP contribution < -0.4 is 5.32 Å². The first-order chi connectivity index (χ1) is 15.1. The summed E-state index contributed by atoms with van der Waals surface area (Å²) in [5.74, 6) is 0.332. The standard InChI is InChI=1S/C22H18ClN7O/c23-17-10-20-13(11-26-30(20)21-3-1-2-14(27-21)6-7-24)8-16(17)22(31)28-18-9-15-4-5-19(18)29(15)12-25/h1-3,8,10-11,15,18-19H,4-6,9H2,(H,28,31)/t15-,18+,19+/m0/s1. The zero-order valence-corrected chi connectivity index (χ0v) is 17.3. The maximum atomic E-state index is 13.0. The highest BCUT2D eigenvalue weighted by atomic mass is 35.5. The molecule has 3 atom stereocenters. The lowest BCUT2D eigenvalue weighted by molar-refractivity contribution is 0.0928. The summed E-state index contributed by atoms with van der Waals surface area (Å²) in [6, 6.07) is 11.2. The number of hydrogen-bond acceptors (Lipinski definition) is 6. The van der Waals surface area contributed by atoms with Crippen LogP contribution in [0.15, 0.2) is 36.5 Å². The number of halogens is 1. The molecule has 2 aliphatic rings. The largest absolute Gasteiger partial charge is 0.347 e. The fraction of sp³-hybridized carbons (Fsp3) is 0.318. The number of nitrogens with one attached hydrogen (secondary N) is 1. The van der Waals surface area contributed by atoms with Crippen molar-refractivity contribution in [3.05, 3.63) is 52.8 Å². The Labute approximate surface area is 183 Å². The molecule has 2 aliphatic heterocycles. The van der Waals surface area contributed by atoms with Gasteiger partial charge in [-0.05, 0) is 43.5 Å². The Bertz CT molecular complexity index is 1270. The minimum atomic E-state index is -0.246. The van der Waals surface area contributed by atoms with E-state index in [1.54, 1.807) is 35.1 Å². The Kier molecular flexibility index (Phi) is 4.72. The summed E-state index contributed by atoms with van der Waals surface area (Å²) >= 11 is 6.49. The van der Waals surface area contributed by atoms with Gasteiger partial charge in [-0.25, -0.2) is 9.67 Å². The van der Waals surface area contributed by atoms with Crippen molar-refractivity contribution in [2.45, 2.75) is 43.8 Å². The molecule has 2 fully saturated rings. The number of amides is 1. The third-order valence-electron chi connectivity index (χ3n) is 6.14. The van der Waals surface area contributed by atoms with Crippen LogP contribution in [-0.4, -0.2) is 43.7 Å². The number of carbonyl (C=O) groups is 1. The number of fused-ring (bicyclic) bond motifs is 3. The quantitative estimate of drug-likeness (QED) is 0.636. The highest BCUT2D eigenvalue weighted by Gasteiger charge is 2.46. The first kappa shape index (κ1) is 19.3. The first-order valence-electron chi connectivity index (χ1n) is 10.1. The van der Waals surface area contributed by atoms with Gasteiger partial charge >= 0.3 is 0 Å². The van der Waals surface area contributed by atoms with Gasteiger partial charge in [-0.2, -0.15) is 15.6 Å². The third-order valence-corrected chi connectivity index (χ3v) is 6.45. The zero-order valence-electron chi connectivity index (χ0n) is 16.5. The Hall–Kier alpha value is -3.62. The molecule has 0 aliphatic carbocycles. The normalized spacial score (nSPS) is 21.8. The predicted octanol–water partition coefficient (Wildman–Crippen LogP) is 2.96. The summed E-state index contributed by atoms with van der Waals surface area (Å²) < 4.78 is 1.64. The number of benzene rings is 1. The van der Waals surface area contributed by atoms with Crippen LogP contribution in [0.25, 0.3) is 16.7 Å². The van der Waals surface area contributed by atoms with Crippen molar-refractivity contribution in [3.63, 3.8) is 0 Å². The molecule has 0 radical (unpaired) electrons. The molecular formula is C22H18ClN7O. The van der Waals surface area contributed by atoms with Crippen molar-refractivity contribution in [2.24, 2.45) is 0 Å². The molecule has 2 saturated heterocycles. The molecular weight excluding hydrogens is 414 g/mol. The van der Waals surface area contributed by atoms with Gasteiger partial charge in [0.2, 0.25) is 0 Å². The van der Waals surface area contributed by atoms with Crippen molar-refractivity contribution in [1.29, 1.82) is 10.5 Å². The maximum absolute atomic E-state index is 13.0. The molecule has 4 heterocycles. The van der Waals surface area contributed by atoms with E-state index in [1.165, 1.54) is 0 Å². The van der Waals surface area contributed by atoms with Gasteiger partial charge in [-0.1, -0.05) is 17.7 Å². The smallest absolute Gasteiger partial charge is 0.253 e. The molecule has 3 aromatic rings. The summed E-state index contributed by atoms with van der Waals surface area (Å²) in [4.78, 5) is 19.2. The minimum absolute atomic E-state index is 0.0486. The van der Waals surface area contributed by atoms with E-state index in [4.69, 9.17) is 16.9 Å². The predicted molar refractivity (Wildman–Crippen MR) is 113 cm³/mol. The van der Waals surface area contributed by atoms with Gasteiger partial charge in [-0.3, -0.25) is 4.79 Å². The second-order valence-corrected chi connectivity index (χ2v) is 8.30. The summed E-state index contributed by atoms with van der Waals surface area (Å²) in [6.07, 6.45) is 6.83. The Morgan fingerprint density at radius 1 is 1.29 bits per heavy atom. The number of nitriles is 2. The Balaban J connectivity index is 1.42. The van der Waals surface area contributed by atoms with E-state index in [0.29, 0.717) is 22.1 Å². The van der Waals surface area contributed by atoms with Gasteiger partial charge in [0.15, 0.2) is 12.0 Å². The van der Waals surface area contributed by atoms with Crippen LogP contribution in [0, 0.1) is 22.8 Å². The number of rotatable bonds is 4. The van der Waals surface area contributed by atoms with Crippen LogP contribution in [0.1, 0.15) is 35.3 Å². The fourth-order valence-electron chi connectivity index (χ4n) is 4.72. The Morgan fingerprint density at radius 2 is 2.16 bits per heavy atom. The van der Waals surface area contributed by atoms with Crippen LogP contribution >= 0.6 is 11.6 Å². The van der Waals surface area contributed by atoms with E-state index in [9.17, 15) is 10.1 Å². The number of nitrogens with zero attached hydrogens (tertiary/aromatic N) is 6. The molecule has 154 valence electrons. The van der Waals surface area contributed by atoms with Crippen molar-refractivity contribution in [1.82, 2.24) is 25.0 Å². The van der Waals surface area contributed by atoms with Gasteiger partial charge in [0.1, 0.15) is 0 Å². The first-order valence-corrected chi connectivity index (χ1v) is 10.5. The number of pyridine rings is 1. The van der Waals surface area contributed by atoms with Crippen LogP contribution in [0.4, 0.5) is 0 Å². The molecule has 0 unspecified atom stereocenters. The van der Waals surface area contributed by atoms with E-state index >= 15 is 0 Å². The van der Waals surface area contributed by atoms with E-state index in [1.807, 2.05) is 11.0 Å². The maximum Gasteiger partial charge on any atom is 0.253 e. The second-order valence-electron chi connectivity index (χ2n) is 7.89. The fourth-order valence-corrected chi connectivity index (χ4v) is 4.96. The third kappa shape index (κ3) is 3.26. The molecule has 0 spiro atoms. The molecule has 9 heteroatoms.